The Labute approximate surface area is 111 Å². The van der Waals surface area contributed by atoms with Crippen LogP contribution < -0.4 is 0 Å². The Balaban J connectivity index is -0.0000000270. The van der Waals surface area contributed by atoms with Crippen LogP contribution >= 0.6 is 0 Å². The molecule has 0 rings (SSSR count). The van der Waals surface area contributed by atoms with Crippen LogP contribution in [0.2, 0.25) is 0 Å². The molecule has 14 heavy (non-hydrogen) atoms. The Morgan fingerprint density at radius 3 is 0.714 bits per heavy atom. The number of hydrogen-bond acceptors (Lipinski definition) is 0. The molecule has 0 fully saturated rings. The molecular formula is C12H29HfO-3. The fourth-order valence-corrected chi connectivity index (χ4v) is 0. The first-order valence-electron chi connectivity index (χ1n) is 5.12. The second-order valence-corrected chi connectivity index (χ2v) is 2.56. The third-order valence-electron chi connectivity index (χ3n) is 1.06. The van der Waals surface area contributed by atoms with Crippen molar-refractivity contribution in [1.29, 1.82) is 0 Å². The largest absolute Gasteiger partial charge is 0.412 e. The Hall–Kier alpha value is 0.830. The van der Waals surface area contributed by atoms with Crippen LogP contribution in [0.3, 0.4) is 0 Å². The quantitative estimate of drug-likeness (QED) is 0.532. The summed E-state index contributed by atoms with van der Waals surface area (Å²) in [4.78, 5) is 0. The molecule has 0 saturated heterocycles. The van der Waals surface area contributed by atoms with Crippen molar-refractivity contribution in [3.05, 3.63) is 20.8 Å². The molecule has 0 radical (unpaired) electrons. The second-order valence-electron chi connectivity index (χ2n) is 2.56. The van der Waals surface area contributed by atoms with Gasteiger partial charge in [0.25, 0.3) is 0 Å². The minimum atomic E-state index is 0. The van der Waals surface area contributed by atoms with Gasteiger partial charge in [-0.3, -0.25) is 0 Å². The van der Waals surface area contributed by atoms with E-state index in [4.69, 9.17) is 0 Å². The molecule has 2 N–H and O–H groups in total. The van der Waals surface area contributed by atoms with Crippen LogP contribution in [0.4, 0.5) is 0 Å². The van der Waals surface area contributed by atoms with Crippen LogP contribution in [0.15, 0.2) is 0 Å². The zero-order chi connectivity index (χ0) is 10.2. The van der Waals surface area contributed by atoms with Crippen molar-refractivity contribution in [3.63, 3.8) is 0 Å². The monoisotopic (exact) mass is 369 g/mol. The van der Waals surface area contributed by atoms with E-state index in [1.54, 1.807) is 0 Å². The van der Waals surface area contributed by atoms with E-state index < -0.39 is 0 Å². The van der Waals surface area contributed by atoms with Gasteiger partial charge in [-0.05, 0) is 0 Å². The molecule has 0 heterocycles. The number of hydrogen-bond donors (Lipinski definition) is 0. The van der Waals surface area contributed by atoms with Crippen molar-refractivity contribution in [2.75, 3.05) is 0 Å². The molecule has 0 aliphatic heterocycles. The fourth-order valence-electron chi connectivity index (χ4n) is 0. The maximum Gasteiger partial charge on any atom is 0 e. The van der Waals surface area contributed by atoms with Gasteiger partial charge in [-0.25, -0.2) is 0 Å². The molecule has 0 unspecified atom stereocenters. The minimum absolute atomic E-state index is 0. The van der Waals surface area contributed by atoms with E-state index in [9.17, 15) is 0 Å². The van der Waals surface area contributed by atoms with Gasteiger partial charge in [0, 0.05) is 25.8 Å². The summed E-state index contributed by atoms with van der Waals surface area (Å²) in [5.41, 5.74) is 0. The van der Waals surface area contributed by atoms with E-state index in [-0.39, 0.29) is 31.3 Å². The first-order valence-corrected chi connectivity index (χ1v) is 5.12. The van der Waals surface area contributed by atoms with E-state index in [1.807, 2.05) is 0 Å². The van der Waals surface area contributed by atoms with Gasteiger partial charge in [-0.15, -0.1) is 0 Å². The van der Waals surface area contributed by atoms with Crippen molar-refractivity contribution in [1.82, 2.24) is 0 Å². The molecule has 2 heteroatoms. The Morgan fingerprint density at radius 2 is 0.714 bits per heavy atom. The van der Waals surface area contributed by atoms with Gasteiger partial charge >= 0.3 is 0 Å². The van der Waals surface area contributed by atoms with Crippen molar-refractivity contribution >= 4 is 0 Å². The standard InChI is InChI=1S/3C4H9.Hf.H2O/c3*1-3-4-2;;/h3*1,3-4H2,2H3;;1H2/q3*-1;;. The van der Waals surface area contributed by atoms with Gasteiger partial charge in [-0.1, -0.05) is 40.0 Å². The molecule has 0 aliphatic rings. The van der Waals surface area contributed by atoms with Crippen molar-refractivity contribution < 1.29 is 31.3 Å². The van der Waals surface area contributed by atoms with Gasteiger partial charge in [-0.2, -0.15) is 19.3 Å². The Bertz CT molecular complexity index is 25.8. The molecule has 0 aromatic rings. The maximum absolute atomic E-state index is 3.60. The Kier molecular flexibility index (Phi) is 102. The smallest absolute Gasteiger partial charge is 0 e. The van der Waals surface area contributed by atoms with E-state index in [0.29, 0.717) is 0 Å². The molecule has 0 atom stereocenters. The van der Waals surface area contributed by atoms with Crippen molar-refractivity contribution in [2.24, 2.45) is 0 Å². The first kappa shape index (κ1) is 29.4. The van der Waals surface area contributed by atoms with E-state index in [1.165, 1.54) is 19.3 Å². The van der Waals surface area contributed by atoms with Crippen LogP contribution in [0.1, 0.15) is 59.3 Å². The summed E-state index contributed by atoms with van der Waals surface area (Å²) in [6, 6.07) is 0. The summed E-state index contributed by atoms with van der Waals surface area (Å²) < 4.78 is 0. The summed E-state index contributed by atoms with van der Waals surface area (Å²) in [5, 5.41) is 0. The summed E-state index contributed by atoms with van der Waals surface area (Å²) in [6.07, 6.45) is 6.83. The van der Waals surface area contributed by atoms with Crippen LogP contribution in [-0.2, 0) is 25.8 Å². The summed E-state index contributed by atoms with van der Waals surface area (Å²) in [5.74, 6) is 0. The average molecular weight is 368 g/mol. The Morgan fingerprint density at radius 1 is 0.643 bits per heavy atom. The molecule has 90 valence electrons. The van der Waals surface area contributed by atoms with E-state index in [2.05, 4.69) is 41.5 Å². The fraction of sp³-hybridized carbons (Fsp3) is 0.750. The second kappa shape index (κ2) is 48.8. The van der Waals surface area contributed by atoms with Crippen LogP contribution in [0.5, 0.6) is 0 Å². The normalized spacial score (nSPS) is 6.43. The minimum Gasteiger partial charge on any atom is -0.412 e. The van der Waals surface area contributed by atoms with Crippen LogP contribution in [0.25, 0.3) is 0 Å². The molecular weight excluding hydrogens is 339 g/mol. The molecule has 0 amide bonds. The van der Waals surface area contributed by atoms with Crippen LogP contribution in [-0.4, -0.2) is 5.48 Å². The maximum atomic E-state index is 3.60. The molecule has 0 aromatic heterocycles. The SMILES string of the molecule is O.[CH2-]CCC.[CH2-]CCC.[CH2-]CCC.[Hf]. The summed E-state index contributed by atoms with van der Waals surface area (Å²) in [6.45, 7) is 17.2. The van der Waals surface area contributed by atoms with Gasteiger partial charge < -0.3 is 26.2 Å². The van der Waals surface area contributed by atoms with E-state index in [0.717, 1.165) is 19.3 Å². The van der Waals surface area contributed by atoms with Gasteiger partial charge in [0.1, 0.15) is 0 Å². The number of unbranched alkanes of at least 4 members (excludes halogenated alkanes) is 3. The number of rotatable bonds is 3. The molecule has 0 saturated carbocycles. The average Bonchev–Trinajstić information content (AvgIpc) is 2.18. The molecule has 0 aliphatic carbocycles. The predicted molar refractivity (Wildman–Crippen MR) is 64.4 cm³/mol. The van der Waals surface area contributed by atoms with Gasteiger partial charge in [0.2, 0.25) is 0 Å². The van der Waals surface area contributed by atoms with Crippen molar-refractivity contribution in [2.45, 2.75) is 59.3 Å². The third-order valence-corrected chi connectivity index (χ3v) is 1.06. The molecule has 1 nitrogen and oxygen atoms in total. The van der Waals surface area contributed by atoms with E-state index >= 15 is 0 Å². The zero-order valence-corrected chi connectivity index (χ0v) is 14.0. The summed E-state index contributed by atoms with van der Waals surface area (Å²) in [7, 11) is 0. The third kappa shape index (κ3) is 122. The molecule has 0 bridgehead atoms. The topological polar surface area (TPSA) is 31.5 Å². The van der Waals surface area contributed by atoms with Gasteiger partial charge in [0.05, 0.1) is 0 Å². The van der Waals surface area contributed by atoms with Crippen LogP contribution in [0, 0.1) is 20.8 Å². The molecule has 0 aromatic carbocycles. The first-order chi connectivity index (χ1) is 5.74. The molecule has 0 spiro atoms. The van der Waals surface area contributed by atoms with Gasteiger partial charge in [0.15, 0.2) is 0 Å². The summed E-state index contributed by atoms with van der Waals surface area (Å²) >= 11 is 0. The predicted octanol–water partition coefficient (Wildman–Crippen LogP) is 4.03. The van der Waals surface area contributed by atoms with Crippen molar-refractivity contribution in [3.8, 4) is 0 Å². The zero-order valence-electron chi connectivity index (χ0n) is 10.4.